The summed E-state index contributed by atoms with van der Waals surface area (Å²) in [4.78, 5) is 27.4. The molecule has 4 aromatic carbocycles. The summed E-state index contributed by atoms with van der Waals surface area (Å²) in [7, 11) is 0. The second-order valence-electron chi connectivity index (χ2n) is 12.9. The fraction of sp³-hybridized carbons (Fsp3) is 0.317. The molecule has 5 aromatic rings. The second kappa shape index (κ2) is 15.8. The Morgan fingerprint density at radius 3 is 2.17 bits per heavy atom. The van der Waals surface area contributed by atoms with Gasteiger partial charge in [-0.3, -0.25) is 9.36 Å². The molecule has 7 heteroatoms. The van der Waals surface area contributed by atoms with Gasteiger partial charge in [0.2, 0.25) is 5.91 Å². The number of rotatable bonds is 12. The lowest BCUT2D eigenvalue weighted by molar-refractivity contribution is -0.127. The predicted octanol–water partition coefficient (Wildman–Crippen LogP) is 8.18. The second-order valence-corrected chi connectivity index (χ2v) is 12.9. The summed E-state index contributed by atoms with van der Waals surface area (Å²) < 4.78 is 13.5. The van der Waals surface area contributed by atoms with Crippen LogP contribution in [-0.4, -0.2) is 33.8 Å². The van der Waals surface area contributed by atoms with E-state index in [0.29, 0.717) is 24.3 Å². The van der Waals surface area contributed by atoms with E-state index in [0.717, 1.165) is 59.7 Å². The summed E-state index contributed by atoms with van der Waals surface area (Å²) >= 11 is 0. The molecule has 6 rings (SSSR count). The van der Waals surface area contributed by atoms with E-state index in [1.54, 1.807) is 0 Å². The fourth-order valence-electron chi connectivity index (χ4n) is 6.90. The molecule has 1 aliphatic rings. The van der Waals surface area contributed by atoms with Gasteiger partial charge in [0.15, 0.2) is 0 Å². The third kappa shape index (κ3) is 7.97. The highest BCUT2D eigenvalue weighted by atomic mass is 16.5. The number of carbonyl (C=O) groups is 2. The van der Waals surface area contributed by atoms with E-state index in [2.05, 4.69) is 5.32 Å². The molecule has 0 radical (unpaired) electrons. The quantitative estimate of drug-likeness (QED) is 0.143. The number of hydrogen-bond donors (Lipinski definition) is 2. The zero-order valence-corrected chi connectivity index (χ0v) is 27.5. The molecule has 1 amide bonds. The molecule has 48 heavy (non-hydrogen) atoms. The number of aliphatic hydroxyl groups is 1. The minimum atomic E-state index is -0.847. The number of ether oxygens (including phenoxy) is 2. The molecule has 1 fully saturated rings. The zero-order valence-electron chi connectivity index (χ0n) is 27.5. The van der Waals surface area contributed by atoms with E-state index in [1.165, 1.54) is 4.57 Å². The van der Waals surface area contributed by atoms with Crippen LogP contribution in [0.25, 0.3) is 10.9 Å². The summed E-state index contributed by atoms with van der Waals surface area (Å²) in [5.41, 5.74) is 4.30. The van der Waals surface area contributed by atoms with Crippen molar-refractivity contribution in [1.29, 1.82) is 0 Å². The number of para-hydroxylation sites is 2. The van der Waals surface area contributed by atoms with Gasteiger partial charge in [-0.1, -0.05) is 116 Å². The molecule has 1 aliphatic carbocycles. The van der Waals surface area contributed by atoms with E-state index in [1.807, 2.05) is 122 Å². The van der Waals surface area contributed by atoms with Gasteiger partial charge in [-0.2, -0.15) is 0 Å². The number of nitrogens with one attached hydrogen (secondary N) is 1. The van der Waals surface area contributed by atoms with Gasteiger partial charge in [-0.15, -0.1) is 0 Å². The molecule has 1 saturated carbocycles. The van der Waals surface area contributed by atoms with Crippen molar-refractivity contribution in [3.8, 4) is 5.75 Å². The molecule has 7 nitrogen and oxygen atoms in total. The zero-order chi connectivity index (χ0) is 33.3. The Bertz CT molecular complexity index is 1800. The number of aliphatic hydroxyl groups excluding tert-OH is 1. The van der Waals surface area contributed by atoms with Gasteiger partial charge in [0.25, 0.3) is 0 Å². The van der Waals surface area contributed by atoms with Crippen molar-refractivity contribution in [2.24, 2.45) is 5.92 Å². The van der Waals surface area contributed by atoms with E-state index < -0.39 is 18.1 Å². The topological polar surface area (TPSA) is 89.8 Å². The molecule has 0 spiro atoms. The Kier molecular flexibility index (Phi) is 10.9. The average molecular weight is 645 g/mol. The first-order valence-electron chi connectivity index (χ1n) is 17.0. The first kappa shape index (κ1) is 33.0. The number of carbonyl (C=O) groups excluding carboxylic acids is 2. The predicted molar refractivity (Wildman–Crippen MR) is 188 cm³/mol. The van der Waals surface area contributed by atoms with Gasteiger partial charge in [0, 0.05) is 23.2 Å². The highest BCUT2D eigenvalue weighted by Crippen LogP contribution is 2.37. The Labute approximate surface area is 282 Å². The number of hydrogen-bond acceptors (Lipinski definition) is 5. The van der Waals surface area contributed by atoms with Gasteiger partial charge < -0.3 is 19.9 Å². The molecule has 248 valence electrons. The van der Waals surface area contributed by atoms with E-state index in [-0.39, 0.29) is 24.5 Å². The molecular formula is C41H44N2O5. The van der Waals surface area contributed by atoms with Gasteiger partial charge in [-0.25, -0.2) is 4.79 Å². The monoisotopic (exact) mass is 644 g/mol. The Morgan fingerprint density at radius 2 is 1.44 bits per heavy atom. The van der Waals surface area contributed by atoms with Crippen molar-refractivity contribution >= 4 is 22.9 Å². The van der Waals surface area contributed by atoms with Crippen LogP contribution in [0.2, 0.25) is 0 Å². The van der Waals surface area contributed by atoms with Crippen LogP contribution in [0.3, 0.4) is 0 Å². The van der Waals surface area contributed by atoms with Crippen molar-refractivity contribution in [2.75, 3.05) is 0 Å². The molecule has 3 atom stereocenters. The van der Waals surface area contributed by atoms with E-state index in [9.17, 15) is 14.7 Å². The standard InChI is InChI=1S/C41H44N2O5/c1-29(25-33-26-43(36-23-13-11-21-34(33)36)41(46)48-28-31-17-7-3-8-18-31)42-40(45)38(39(44)32-19-9-4-10-20-32)35-22-12-14-24-37(35)47-27-30-15-5-2-6-16-30/h2-3,5-8,11-18,21-24,26,29,32,38-39,44H,4,9-10,19-20,25,27-28H2,1H3,(H,42,45)/t29-,38?,39?/m1/s1. The Morgan fingerprint density at radius 1 is 0.812 bits per heavy atom. The first-order valence-corrected chi connectivity index (χ1v) is 17.0. The van der Waals surface area contributed by atoms with Gasteiger partial charge >= 0.3 is 6.09 Å². The van der Waals surface area contributed by atoms with Crippen LogP contribution in [0.15, 0.2) is 115 Å². The number of nitrogens with zero attached hydrogens (tertiary/aromatic N) is 1. The third-order valence-electron chi connectivity index (χ3n) is 9.36. The highest BCUT2D eigenvalue weighted by Gasteiger charge is 2.37. The lowest BCUT2D eigenvalue weighted by Crippen LogP contribution is -2.43. The normalized spacial score (nSPS) is 15.4. The average Bonchev–Trinajstić information content (AvgIpc) is 3.49. The maximum absolute atomic E-state index is 14.2. The molecule has 0 aliphatic heterocycles. The maximum atomic E-state index is 14.2. The van der Waals surface area contributed by atoms with Crippen LogP contribution in [0.4, 0.5) is 4.79 Å². The number of benzene rings is 4. The van der Waals surface area contributed by atoms with Crippen molar-refractivity contribution in [2.45, 2.75) is 76.7 Å². The van der Waals surface area contributed by atoms with E-state index >= 15 is 0 Å². The molecule has 0 saturated heterocycles. The van der Waals surface area contributed by atoms with Gasteiger partial charge in [-0.05, 0) is 60.9 Å². The lowest BCUT2D eigenvalue weighted by Gasteiger charge is -2.33. The first-order chi connectivity index (χ1) is 23.5. The Balaban J connectivity index is 1.21. The summed E-state index contributed by atoms with van der Waals surface area (Å²) in [6.45, 7) is 2.49. The van der Waals surface area contributed by atoms with E-state index in [4.69, 9.17) is 9.47 Å². The number of fused-ring (bicyclic) bond motifs is 1. The lowest BCUT2D eigenvalue weighted by atomic mass is 9.77. The van der Waals surface area contributed by atoms with Crippen LogP contribution >= 0.6 is 0 Å². The Hall–Kier alpha value is -4.88. The molecular weight excluding hydrogens is 600 g/mol. The summed E-state index contributed by atoms with van der Waals surface area (Å²) in [5, 5.41) is 16.0. The summed E-state index contributed by atoms with van der Waals surface area (Å²) in [5.74, 6) is -0.396. The largest absolute Gasteiger partial charge is 0.489 e. The van der Waals surface area contributed by atoms with Crippen molar-refractivity contribution in [1.82, 2.24) is 9.88 Å². The highest BCUT2D eigenvalue weighted by molar-refractivity contribution is 5.92. The third-order valence-corrected chi connectivity index (χ3v) is 9.36. The molecule has 1 aromatic heterocycles. The molecule has 0 bridgehead atoms. The number of aromatic nitrogens is 1. The number of amides is 1. The fourth-order valence-corrected chi connectivity index (χ4v) is 6.90. The molecule has 2 N–H and O–H groups in total. The maximum Gasteiger partial charge on any atom is 0.418 e. The van der Waals surface area contributed by atoms with Crippen molar-refractivity contribution < 1.29 is 24.2 Å². The molecule has 1 heterocycles. The molecule has 2 unspecified atom stereocenters. The van der Waals surface area contributed by atoms with Crippen molar-refractivity contribution in [3.05, 3.63) is 138 Å². The summed E-state index contributed by atoms with van der Waals surface area (Å²) in [6.07, 6.45) is 6.04. The van der Waals surface area contributed by atoms with Crippen LogP contribution in [0.5, 0.6) is 5.75 Å². The van der Waals surface area contributed by atoms with Crippen LogP contribution in [-0.2, 0) is 29.2 Å². The smallest absolute Gasteiger partial charge is 0.418 e. The van der Waals surface area contributed by atoms with Gasteiger partial charge in [0.1, 0.15) is 19.0 Å². The summed E-state index contributed by atoms with van der Waals surface area (Å²) in [6, 6.07) is 34.5. The SMILES string of the molecule is C[C@H](Cc1cn(C(=O)OCc2ccccc2)c2ccccc12)NC(=O)C(c1ccccc1OCc1ccccc1)C(O)C1CCCCC1. The van der Waals surface area contributed by atoms with Crippen LogP contribution in [0.1, 0.15) is 67.2 Å². The minimum Gasteiger partial charge on any atom is -0.489 e. The van der Waals surface area contributed by atoms with Crippen LogP contribution in [0, 0.1) is 5.92 Å². The van der Waals surface area contributed by atoms with Crippen LogP contribution < -0.4 is 10.1 Å². The minimum absolute atomic E-state index is 0.0341. The van der Waals surface area contributed by atoms with Gasteiger partial charge in [0.05, 0.1) is 17.5 Å². The van der Waals surface area contributed by atoms with Crippen molar-refractivity contribution in [3.63, 3.8) is 0 Å².